The van der Waals surface area contributed by atoms with E-state index < -0.39 is 0 Å². The number of fused-ring (bicyclic) bond motifs is 1. The van der Waals surface area contributed by atoms with E-state index in [1.54, 1.807) is 7.11 Å². The van der Waals surface area contributed by atoms with Crippen molar-refractivity contribution in [2.45, 2.75) is 52.4 Å². The molecular weight excluding hydrogens is 386 g/mol. The minimum absolute atomic E-state index is 0.0861. The fraction of sp³-hybridized carbons (Fsp3) is 0.478. The Kier molecular flexibility index (Phi) is 7.31. The molecule has 1 heterocycles. The summed E-state index contributed by atoms with van der Waals surface area (Å²) in [7, 11) is 1.63. The van der Waals surface area contributed by atoms with Crippen molar-refractivity contribution in [2.75, 3.05) is 19.0 Å². The van der Waals surface area contributed by atoms with Gasteiger partial charge in [-0.1, -0.05) is 26.0 Å². The minimum Gasteiger partial charge on any atom is -0.497 e. The zero-order valence-corrected chi connectivity index (χ0v) is 18.2. The lowest BCUT2D eigenvalue weighted by atomic mass is 9.88. The summed E-state index contributed by atoms with van der Waals surface area (Å²) in [5.41, 5.74) is 2.71. The first-order valence-corrected chi connectivity index (χ1v) is 11.1. The highest BCUT2D eigenvalue weighted by atomic mass is 32.1. The maximum Gasteiger partial charge on any atom is 0.341 e. The molecule has 2 aromatic rings. The normalized spacial score (nSPS) is 15.5. The van der Waals surface area contributed by atoms with Crippen LogP contribution in [-0.4, -0.2) is 25.6 Å². The first-order valence-electron chi connectivity index (χ1n) is 10.3. The van der Waals surface area contributed by atoms with Crippen molar-refractivity contribution in [3.8, 4) is 5.75 Å². The summed E-state index contributed by atoms with van der Waals surface area (Å²) in [6.07, 6.45) is 4.64. The molecule has 0 saturated heterocycles. The van der Waals surface area contributed by atoms with Crippen molar-refractivity contribution in [1.29, 1.82) is 0 Å². The smallest absolute Gasteiger partial charge is 0.341 e. The van der Waals surface area contributed by atoms with Crippen LogP contribution in [0, 0.1) is 5.92 Å². The van der Waals surface area contributed by atoms with Gasteiger partial charge >= 0.3 is 5.97 Å². The van der Waals surface area contributed by atoms with Gasteiger partial charge in [0.15, 0.2) is 0 Å². The van der Waals surface area contributed by atoms with Crippen LogP contribution in [0.1, 0.15) is 59.5 Å². The van der Waals surface area contributed by atoms with Crippen LogP contribution in [0.15, 0.2) is 24.3 Å². The lowest BCUT2D eigenvalue weighted by Gasteiger charge is -2.18. The molecule has 156 valence electrons. The lowest BCUT2D eigenvalue weighted by molar-refractivity contribution is -0.116. The molecular formula is C23H29NO4S. The number of aryl methyl sites for hydroxylation is 1. The molecule has 0 saturated carbocycles. The van der Waals surface area contributed by atoms with E-state index in [1.165, 1.54) is 16.2 Å². The third-order valence-corrected chi connectivity index (χ3v) is 6.38. The van der Waals surface area contributed by atoms with Crippen molar-refractivity contribution in [2.24, 2.45) is 5.92 Å². The van der Waals surface area contributed by atoms with Gasteiger partial charge in [-0.2, -0.15) is 0 Å². The summed E-state index contributed by atoms with van der Waals surface area (Å²) in [5.74, 6) is 0.993. The average molecular weight is 416 g/mol. The SMILES string of the molecule is CCCOC(=O)c1c(NC(=O)CCc2ccc(OC)cc2)sc2c1CCC(C)C2. The van der Waals surface area contributed by atoms with Gasteiger partial charge in [0.05, 0.1) is 19.3 Å². The fourth-order valence-corrected chi connectivity index (χ4v) is 4.98. The van der Waals surface area contributed by atoms with E-state index in [4.69, 9.17) is 9.47 Å². The largest absolute Gasteiger partial charge is 0.497 e. The van der Waals surface area contributed by atoms with E-state index in [2.05, 4.69) is 12.2 Å². The Bertz CT molecular complexity index is 857. The second-order valence-corrected chi connectivity index (χ2v) is 8.69. The number of hydrogen-bond acceptors (Lipinski definition) is 5. The van der Waals surface area contributed by atoms with Crippen LogP contribution in [0.5, 0.6) is 5.75 Å². The third-order valence-electron chi connectivity index (χ3n) is 5.21. The van der Waals surface area contributed by atoms with Gasteiger partial charge in [0, 0.05) is 11.3 Å². The first kappa shape index (κ1) is 21.4. The summed E-state index contributed by atoms with van der Waals surface area (Å²) < 4.78 is 10.6. The molecule has 0 spiro atoms. The zero-order valence-electron chi connectivity index (χ0n) is 17.4. The Labute approximate surface area is 176 Å². The second-order valence-electron chi connectivity index (χ2n) is 7.59. The van der Waals surface area contributed by atoms with Crippen molar-refractivity contribution in [3.63, 3.8) is 0 Å². The predicted molar refractivity (Wildman–Crippen MR) is 116 cm³/mol. The maximum absolute atomic E-state index is 12.7. The van der Waals surface area contributed by atoms with Crippen molar-refractivity contribution < 1.29 is 19.1 Å². The predicted octanol–water partition coefficient (Wildman–Crippen LogP) is 5.02. The zero-order chi connectivity index (χ0) is 20.8. The third kappa shape index (κ3) is 5.38. The van der Waals surface area contributed by atoms with Gasteiger partial charge in [-0.05, 0) is 61.3 Å². The van der Waals surface area contributed by atoms with Crippen LogP contribution >= 0.6 is 11.3 Å². The van der Waals surface area contributed by atoms with Gasteiger partial charge in [0.2, 0.25) is 5.91 Å². The molecule has 5 nitrogen and oxygen atoms in total. The molecule has 1 atom stereocenters. The molecule has 29 heavy (non-hydrogen) atoms. The monoisotopic (exact) mass is 415 g/mol. The molecule has 3 rings (SSSR count). The van der Waals surface area contributed by atoms with E-state index in [9.17, 15) is 9.59 Å². The van der Waals surface area contributed by atoms with E-state index >= 15 is 0 Å². The number of carbonyl (C=O) groups is 2. The molecule has 0 bridgehead atoms. The Balaban J connectivity index is 1.71. The molecule has 0 aliphatic heterocycles. The number of methoxy groups -OCH3 is 1. The molecule has 6 heteroatoms. The van der Waals surface area contributed by atoms with Gasteiger partial charge in [0.25, 0.3) is 0 Å². The standard InChI is InChI=1S/C23H29NO4S/c1-4-13-28-23(26)21-18-11-5-15(2)14-19(18)29-22(21)24-20(25)12-8-16-6-9-17(27-3)10-7-16/h6-7,9-10,15H,4-5,8,11-14H2,1-3H3,(H,24,25). The van der Waals surface area contributed by atoms with E-state index in [0.29, 0.717) is 35.9 Å². The molecule has 0 fully saturated rings. The number of benzene rings is 1. The Hall–Kier alpha value is -2.34. The van der Waals surface area contributed by atoms with Gasteiger partial charge in [-0.3, -0.25) is 4.79 Å². The van der Waals surface area contributed by atoms with Crippen molar-refractivity contribution >= 4 is 28.2 Å². The van der Waals surface area contributed by atoms with E-state index in [1.807, 2.05) is 31.2 Å². The van der Waals surface area contributed by atoms with Crippen LogP contribution in [0.2, 0.25) is 0 Å². The summed E-state index contributed by atoms with van der Waals surface area (Å²) >= 11 is 1.53. The minimum atomic E-state index is -0.315. The Morgan fingerprint density at radius 3 is 2.69 bits per heavy atom. The number of hydrogen-bond donors (Lipinski definition) is 1. The number of ether oxygens (including phenoxy) is 2. The summed E-state index contributed by atoms with van der Waals surface area (Å²) in [6.45, 7) is 4.59. The van der Waals surface area contributed by atoms with Crippen LogP contribution < -0.4 is 10.1 Å². The summed E-state index contributed by atoms with van der Waals surface area (Å²) in [6, 6.07) is 7.71. The number of esters is 1. The number of thiophene rings is 1. The number of rotatable bonds is 8. The van der Waals surface area contributed by atoms with E-state index in [0.717, 1.165) is 42.6 Å². The molecule has 1 N–H and O–H groups in total. The van der Waals surface area contributed by atoms with Crippen molar-refractivity contribution in [3.05, 3.63) is 45.8 Å². The quantitative estimate of drug-likeness (QED) is 0.615. The number of amides is 1. The van der Waals surface area contributed by atoms with Crippen LogP contribution in [0.3, 0.4) is 0 Å². The topological polar surface area (TPSA) is 64.6 Å². The molecule has 1 aromatic heterocycles. The molecule has 1 aromatic carbocycles. The number of nitrogens with one attached hydrogen (secondary N) is 1. The summed E-state index contributed by atoms with van der Waals surface area (Å²) in [5, 5.41) is 3.63. The van der Waals surface area contributed by atoms with E-state index in [-0.39, 0.29) is 11.9 Å². The number of anilines is 1. The molecule has 1 aliphatic carbocycles. The van der Waals surface area contributed by atoms with Gasteiger partial charge in [0.1, 0.15) is 10.8 Å². The van der Waals surface area contributed by atoms with Crippen LogP contribution in [-0.2, 0) is 28.8 Å². The number of carbonyl (C=O) groups excluding carboxylic acids is 2. The fourth-order valence-electron chi connectivity index (χ4n) is 3.56. The van der Waals surface area contributed by atoms with Crippen molar-refractivity contribution in [1.82, 2.24) is 0 Å². The molecule has 0 radical (unpaired) electrons. The van der Waals surface area contributed by atoms with Gasteiger partial charge in [-0.15, -0.1) is 11.3 Å². The highest BCUT2D eigenvalue weighted by Gasteiger charge is 2.29. The molecule has 1 amide bonds. The molecule has 1 aliphatic rings. The van der Waals surface area contributed by atoms with Crippen LogP contribution in [0.25, 0.3) is 0 Å². The summed E-state index contributed by atoms with van der Waals surface area (Å²) in [4.78, 5) is 26.5. The molecule has 1 unspecified atom stereocenters. The van der Waals surface area contributed by atoms with Gasteiger partial charge in [-0.25, -0.2) is 4.79 Å². The second kappa shape index (κ2) is 9.92. The Morgan fingerprint density at radius 2 is 2.00 bits per heavy atom. The van der Waals surface area contributed by atoms with Crippen LogP contribution in [0.4, 0.5) is 5.00 Å². The highest BCUT2D eigenvalue weighted by molar-refractivity contribution is 7.17. The lowest BCUT2D eigenvalue weighted by Crippen LogP contribution is -2.17. The Morgan fingerprint density at radius 1 is 1.24 bits per heavy atom. The maximum atomic E-state index is 12.7. The first-order chi connectivity index (χ1) is 14.0. The highest BCUT2D eigenvalue weighted by Crippen LogP contribution is 2.40. The average Bonchev–Trinajstić information content (AvgIpc) is 3.07. The van der Waals surface area contributed by atoms with Gasteiger partial charge < -0.3 is 14.8 Å².